The van der Waals surface area contributed by atoms with Crippen molar-refractivity contribution >= 4 is 11.2 Å². The number of aromatic nitrogens is 3. The lowest BCUT2D eigenvalue weighted by Crippen LogP contribution is -2.12. The molecule has 0 amide bonds. The Morgan fingerprint density at radius 2 is 1.56 bits per heavy atom. The highest BCUT2D eigenvalue weighted by Crippen LogP contribution is 2.34. The molecule has 6 nitrogen and oxygen atoms in total. The number of H-pyrrole nitrogens is 1. The molecule has 5 rings (SSSR count). The Hall–Kier alpha value is -4.16. The minimum absolute atomic E-state index is 0.0321. The van der Waals surface area contributed by atoms with E-state index in [9.17, 15) is 0 Å². The summed E-state index contributed by atoms with van der Waals surface area (Å²) in [4.78, 5) is 12.8. The zero-order valence-corrected chi connectivity index (χ0v) is 20.6. The summed E-state index contributed by atoms with van der Waals surface area (Å²) in [5.74, 6) is 2.21. The minimum atomic E-state index is 0.0321. The third kappa shape index (κ3) is 5.90. The standard InChI is InChI=1S/C30H30N4O2/c1-21(2)36-28-14-13-25(35-20-23-11-7-4-8-12-23)16-26(28)29-33-27-15-24(19-32-30(27)34-29)18-31-17-22-9-5-3-6-10-22/h3-16,19,21,31H,17-18,20H2,1-2H3,(H,32,33,34). The van der Waals surface area contributed by atoms with Crippen LogP contribution in [0.1, 0.15) is 30.5 Å². The van der Waals surface area contributed by atoms with Crippen LogP contribution in [0.15, 0.2) is 91.1 Å². The molecule has 0 aliphatic rings. The van der Waals surface area contributed by atoms with Crippen molar-refractivity contribution in [2.24, 2.45) is 0 Å². The summed E-state index contributed by atoms with van der Waals surface area (Å²) in [6.45, 7) is 6.03. The van der Waals surface area contributed by atoms with E-state index in [1.165, 1.54) is 5.56 Å². The van der Waals surface area contributed by atoms with Gasteiger partial charge in [0, 0.05) is 19.3 Å². The second-order valence-electron chi connectivity index (χ2n) is 8.98. The van der Waals surface area contributed by atoms with Crippen molar-refractivity contribution < 1.29 is 9.47 Å². The first-order chi connectivity index (χ1) is 17.6. The van der Waals surface area contributed by atoms with Gasteiger partial charge in [-0.25, -0.2) is 9.97 Å². The highest BCUT2D eigenvalue weighted by Gasteiger charge is 2.15. The van der Waals surface area contributed by atoms with E-state index in [2.05, 4.69) is 45.6 Å². The molecule has 0 aliphatic carbocycles. The molecule has 0 radical (unpaired) electrons. The lowest BCUT2D eigenvalue weighted by molar-refractivity contribution is 0.242. The molecule has 0 saturated carbocycles. The highest BCUT2D eigenvalue weighted by molar-refractivity contribution is 5.78. The van der Waals surface area contributed by atoms with Crippen LogP contribution in [-0.2, 0) is 19.7 Å². The molecule has 0 unspecified atom stereocenters. The van der Waals surface area contributed by atoms with Gasteiger partial charge in [0.2, 0.25) is 0 Å². The zero-order valence-electron chi connectivity index (χ0n) is 20.6. The first kappa shape index (κ1) is 23.6. The number of fused-ring (bicyclic) bond motifs is 1. The molecule has 2 heterocycles. The SMILES string of the molecule is CC(C)Oc1ccc(OCc2ccccc2)cc1-c1nc2cc(CNCc3ccccc3)cnc2[nH]1. The number of nitrogens with zero attached hydrogens (tertiary/aromatic N) is 2. The number of hydrogen-bond donors (Lipinski definition) is 2. The van der Waals surface area contributed by atoms with Crippen LogP contribution in [0.4, 0.5) is 0 Å². The predicted octanol–water partition coefficient (Wildman–Crippen LogP) is 6.28. The van der Waals surface area contributed by atoms with E-state index in [0.29, 0.717) is 19.0 Å². The molecule has 0 spiro atoms. The molecule has 0 fully saturated rings. The number of benzene rings is 3. The number of imidazole rings is 1. The van der Waals surface area contributed by atoms with E-state index in [1.54, 1.807) is 0 Å². The summed E-state index contributed by atoms with van der Waals surface area (Å²) >= 11 is 0. The maximum Gasteiger partial charge on any atom is 0.157 e. The molecule has 0 atom stereocenters. The lowest BCUT2D eigenvalue weighted by atomic mass is 10.1. The first-order valence-electron chi connectivity index (χ1n) is 12.2. The number of nitrogens with one attached hydrogen (secondary N) is 2. The molecule has 0 bridgehead atoms. The number of ether oxygens (including phenoxy) is 2. The normalized spacial score (nSPS) is 11.2. The van der Waals surface area contributed by atoms with Gasteiger partial charge < -0.3 is 19.8 Å². The summed E-state index contributed by atoms with van der Waals surface area (Å²) in [7, 11) is 0. The van der Waals surface area contributed by atoms with Crippen LogP contribution < -0.4 is 14.8 Å². The second-order valence-corrected chi connectivity index (χ2v) is 8.98. The number of hydrogen-bond acceptors (Lipinski definition) is 5. The maximum atomic E-state index is 6.09. The van der Waals surface area contributed by atoms with Crippen molar-refractivity contribution in [1.82, 2.24) is 20.3 Å². The molecule has 5 aromatic rings. The lowest BCUT2D eigenvalue weighted by Gasteiger charge is -2.15. The van der Waals surface area contributed by atoms with Crippen LogP contribution >= 0.6 is 0 Å². The van der Waals surface area contributed by atoms with E-state index in [1.807, 2.05) is 74.6 Å². The van der Waals surface area contributed by atoms with Crippen molar-refractivity contribution in [2.75, 3.05) is 0 Å². The van der Waals surface area contributed by atoms with Crippen molar-refractivity contribution in [1.29, 1.82) is 0 Å². The topological polar surface area (TPSA) is 72.1 Å². The monoisotopic (exact) mass is 478 g/mol. The molecular weight excluding hydrogens is 448 g/mol. The van der Waals surface area contributed by atoms with Gasteiger partial charge in [-0.15, -0.1) is 0 Å². The molecule has 0 aliphatic heterocycles. The van der Waals surface area contributed by atoms with Crippen molar-refractivity contribution in [3.05, 3.63) is 108 Å². The van der Waals surface area contributed by atoms with Gasteiger partial charge in [-0.1, -0.05) is 60.7 Å². The van der Waals surface area contributed by atoms with Gasteiger partial charge in [-0.2, -0.15) is 0 Å². The smallest absolute Gasteiger partial charge is 0.157 e. The summed E-state index contributed by atoms with van der Waals surface area (Å²) in [6.07, 6.45) is 1.91. The quantitative estimate of drug-likeness (QED) is 0.247. The molecule has 2 aromatic heterocycles. The third-order valence-electron chi connectivity index (χ3n) is 5.71. The van der Waals surface area contributed by atoms with Crippen LogP contribution in [0, 0.1) is 0 Å². The van der Waals surface area contributed by atoms with Gasteiger partial charge >= 0.3 is 0 Å². The molecule has 36 heavy (non-hydrogen) atoms. The van der Waals surface area contributed by atoms with Crippen molar-refractivity contribution in [3.8, 4) is 22.9 Å². The summed E-state index contributed by atoms with van der Waals surface area (Å²) in [6, 6.07) is 28.4. The first-order valence-corrected chi connectivity index (χ1v) is 12.2. The number of rotatable bonds is 10. The Morgan fingerprint density at radius 1 is 0.833 bits per heavy atom. The summed E-state index contributed by atoms with van der Waals surface area (Å²) in [5.41, 5.74) is 5.84. The predicted molar refractivity (Wildman–Crippen MR) is 143 cm³/mol. The largest absolute Gasteiger partial charge is 0.490 e. The van der Waals surface area contributed by atoms with Crippen LogP contribution in [0.25, 0.3) is 22.6 Å². The fraction of sp³-hybridized carbons (Fsp3) is 0.200. The molecular formula is C30H30N4O2. The third-order valence-corrected chi connectivity index (χ3v) is 5.71. The van der Waals surface area contributed by atoms with E-state index in [4.69, 9.17) is 14.5 Å². The second kappa shape index (κ2) is 11.1. The maximum absolute atomic E-state index is 6.09. The fourth-order valence-corrected chi connectivity index (χ4v) is 3.99. The van der Waals surface area contributed by atoms with Crippen LogP contribution in [0.3, 0.4) is 0 Å². The van der Waals surface area contributed by atoms with Crippen LogP contribution in [-0.4, -0.2) is 21.1 Å². The van der Waals surface area contributed by atoms with E-state index < -0.39 is 0 Å². The van der Waals surface area contributed by atoms with Gasteiger partial charge in [0.15, 0.2) is 5.65 Å². The Balaban J connectivity index is 1.36. The van der Waals surface area contributed by atoms with E-state index >= 15 is 0 Å². The van der Waals surface area contributed by atoms with Crippen LogP contribution in [0.5, 0.6) is 11.5 Å². The number of pyridine rings is 1. The summed E-state index contributed by atoms with van der Waals surface area (Å²) in [5, 5.41) is 3.47. The van der Waals surface area contributed by atoms with Gasteiger partial charge in [-0.3, -0.25) is 0 Å². The average molecular weight is 479 g/mol. The zero-order chi connectivity index (χ0) is 24.7. The fourth-order valence-electron chi connectivity index (χ4n) is 3.99. The Kier molecular flexibility index (Phi) is 7.24. The average Bonchev–Trinajstić information content (AvgIpc) is 3.32. The van der Waals surface area contributed by atoms with Gasteiger partial charge in [-0.05, 0) is 54.8 Å². The molecule has 2 N–H and O–H groups in total. The molecule has 0 saturated heterocycles. The Morgan fingerprint density at radius 3 is 2.31 bits per heavy atom. The minimum Gasteiger partial charge on any atom is -0.490 e. The van der Waals surface area contributed by atoms with Gasteiger partial charge in [0.25, 0.3) is 0 Å². The van der Waals surface area contributed by atoms with Gasteiger partial charge in [0.05, 0.1) is 11.7 Å². The Labute approximate surface area is 211 Å². The van der Waals surface area contributed by atoms with E-state index in [-0.39, 0.29) is 6.10 Å². The number of aromatic amines is 1. The Bertz CT molecular complexity index is 1420. The molecule has 182 valence electrons. The molecule has 3 aromatic carbocycles. The highest BCUT2D eigenvalue weighted by atomic mass is 16.5. The van der Waals surface area contributed by atoms with Gasteiger partial charge in [0.1, 0.15) is 29.4 Å². The van der Waals surface area contributed by atoms with Crippen molar-refractivity contribution in [3.63, 3.8) is 0 Å². The van der Waals surface area contributed by atoms with Crippen molar-refractivity contribution in [2.45, 2.75) is 39.6 Å². The molecule has 6 heteroatoms. The van der Waals surface area contributed by atoms with E-state index in [0.717, 1.165) is 45.9 Å². The van der Waals surface area contributed by atoms with Crippen LogP contribution in [0.2, 0.25) is 0 Å². The summed E-state index contributed by atoms with van der Waals surface area (Å²) < 4.78 is 12.2.